The summed E-state index contributed by atoms with van der Waals surface area (Å²) in [5.41, 5.74) is 6.04. The number of carbonyl (C=O) groups is 1. The minimum atomic E-state index is -0.410. The standard InChI is InChI=1S/C22H23FN4O2/c1-25-22(26-21(13-12-20(24)28)27-14-2-3-15-27)16-4-8-18(9-5-16)29-19-10-6-17(23)7-11-19/h4-11,13H,1-3,12,14-15H2,(H2,24,28)/b21-13+,26-22?. The first-order valence-corrected chi connectivity index (χ1v) is 9.38. The number of rotatable bonds is 7. The molecule has 7 heteroatoms. The van der Waals surface area contributed by atoms with E-state index in [4.69, 9.17) is 10.5 Å². The summed E-state index contributed by atoms with van der Waals surface area (Å²) in [5, 5.41) is 0. The number of hydrogen-bond acceptors (Lipinski definition) is 4. The van der Waals surface area contributed by atoms with Crippen LogP contribution in [0.3, 0.4) is 0 Å². The third-order valence-corrected chi connectivity index (χ3v) is 4.45. The highest BCUT2D eigenvalue weighted by molar-refractivity contribution is 6.02. The fraction of sp³-hybridized carbons (Fsp3) is 0.227. The number of nitrogens with two attached hydrogens (primary N) is 1. The number of halogens is 1. The number of amidine groups is 1. The predicted octanol–water partition coefficient (Wildman–Crippen LogP) is 3.88. The highest BCUT2D eigenvalue weighted by Gasteiger charge is 2.16. The van der Waals surface area contributed by atoms with E-state index < -0.39 is 5.91 Å². The van der Waals surface area contributed by atoms with Gasteiger partial charge in [0.2, 0.25) is 5.91 Å². The van der Waals surface area contributed by atoms with E-state index >= 15 is 0 Å². The number of primary amides is 1. The molecule has 1 aliphatic rings. The number of nitrogens with zero attached hydrogens (tertiary/aromatic N) is 3. The van der Waals surface area contributed by atoms with Crippen molar-refractivity contribution >= 4 is 18.5 Å². The minimum absolute atomic E-state index is 0.115. The van der Waals surface area contributed by atoms with E-state index in [0.717, 1.165) is 31.5 Å². The zero-order valence-corrected chi connectivity index (χ0v) is 16.1. The molecule has 0 unspecified atom stereocenters. The van der Waals surface area contributed by atoms with Crippen LogP contribution in [0.15, 0.2) is 70.4 Å². The molecule has 0 radical (unpaired) electrons. The van der Waals surface area contributed by atoms with Crippen molar-refractivity contribution in [1.82, 2.24) is 4.90 Å². The minimum Gasteiger partial charge on any atom is -0.457 e. The van der Waals surface area contributed by atoms with E-state index in [-0.39, 0.29) is 12.2 Å². The van der Waals surface area contributed by atoms with Crippen LogP contribution in [0, 0.1) is 5.82 Å². The van der Waals surface area contributed by atoms with Gasteiger partial charge >= 0.3 is 0 Å². The molecular weight excluding hydrogens is 371 g/mol. The molecule has 1 amide bonds. The second-order valence-electron chi connectivity index (χ2n) is 6.60. The van der Waals surface area contributed by atoms with Gasteiger partial charge in [-0.15, -0.1) is 0 Å². The van der Waals surface area contributed by atoms with Crippen molar-refractivity contribution in [3.05, 3.63) is 71.8 Å². The molecule has 2 aromatic carbocycles. The number of ether oxygens (including phenoxy) is 1. The highest BCUT2D eigenvalue weighted by atomic mass is 19.1. The molecule has 0 spiro atoms. The monoisotopic (exact) mass is 394 g/mol. The predicted molar refractivity (Wildman–Crippen MR) is 112 cm³/mol. The van der Waals surface area contributed by atoms with Gasteiger partial charge < -0.3 is 15.4 Å². The molecule has 0 aromatic heterocycles. The fourth-order valence-corrected chi connectivity index (χ4v) is 2.99. The molecule has 1 aliphatic heterocycles. The van der Waals surface area contributed by atoms with E-state index in [1.54, 1.807) is 30.3 Å². The molecule has 29 heavy (non-hydrogen) atoms. The summed E-state index contributed by atoms with van der Waals surface area (Å²) in [4.78, 5) is 22.0. The molecule has 1 saturated heterocycles. The maximum absolute atomic E-state index is 13.0. The van der Waals surface area contributed by atoms with E-state index in [0.29, 0.717) is 23.2 Å². The van der Waals surface area contributed by atoms with Crippen molar-refractivity contribution in [3.63, 3.8) is 0 Å². The summed E-state index contributed by atoms with van der Waals surface area (Å²) in [6, 6.07) is 13.0. The molecule has 6 nitrogen and oxygen atoms in total. The van der Waals surface area contributed by atoms with Gasteiger partial charge in [-0.2, -0.15) is 0 Å². The molecule has 0 atom stereocenters. The van der Waals surface area contributed by atoms with E-state index in [1.165, 1.54) is 12.1 Å². The van der Waals surface area contributed by atoms with Crippen LogP contribution in [-0.2, 0) is 4.79 Å². The van der Waals surface area contributed by atoms with Crippen LogP contribution in [0.4, 0.5) is 4.39 Å². The van der Waals surface area contributed by atoms with Crippen LogP contribution in [0.1, 0.15) is 24.8 Å². The van der Waals surface area contributed by atoms with Gasteiger partial charge in [0.25, 0.3) is 0 Å². The first kappa shape index (κ1) is 20.3. The van der Waals surface area contributed by atoms with Crippen molar-refractivity contribution in [2.75, 3.05) is 13.1 Å². The first-order chi connectivity index (χ1) is 14.0. The lowest BCUT2D eigenvalue weighted by atomic mass is 10.2. The SMILES string of the molecule is C=NC(=N/C(=C\CC(N)=O)N1CCCC1)c1ccc(Oc2ccc(F)cc2)cc1. The summed E-state index contributed by atoms with van der Waals surface area (Å²) >= 11 is 0. The molecule has 1 fully saturated rings. The number of amides is 1. The van der Waals surface area contributed by atoms with Gasteiger partial charge in [-0.25, -0.2) is 14.4 Å². The molecule has 0 aliphatic carbocycles. The maximum atomic E-state index is 13.0. The van der Waals surface area contributed by atoms with Gasteiger partial charge in [0.15, 0.2) is 5.84 Å². The Bertz CT molecular complexity index is 915. The first-order valence-electron chi connectivity index (χ1n) is 9.38. The van der Waals surface area contributed by atoms with E-state index in [9.17, 15) is 9.18 Å². The number of aliphatic imine (C=N–C) groups is 2. The topological polar surface area (TPSA) is 80.3 Å². The van der Waals surface area contributed by atoms with Crippen LogP contribution in [0.25, 0.3) is 0 Å². The fourth-order valence-electron chi connectivity index (χ4n) is 2.99. The normalized spacial score (nSPS) is 14.7. The molecule has 0 bridgehead atoms. The Kier molecular flexibility index (Phi) is 6.73. The average molecular weight is 394 g/mol. The number of likely N-dealkylation sites (tertiary alicyclic amines) is 1. The van der Waals surface area contributed by atoms with Gasteiger partial charge in [-0.05, 0) is 74.2 Å². The Morgan fingerprint density at radius 1 is 1.10 bits per heavy atom. The van der Waals surface area contributed by atoms with Crippen LogP contribution < -0.4 is 10.5 Å². The largest absolute Gasteiger partial charge is 0.457 e. The number of carbonyl (C=O) groups excluding carboxylic acids is 1. The van der Waals surface area contributed by atoms with Gasteiger partial charge in [0.1, 0.15) is 23.1 Å². The molecule has 3 rings (SSSR count). The average Bonchev–Trinajstić information content (AvgIpc) is 3.25. The number of benzene rings is 2. The zero-order valence-electron chi connectivity index (χ0n) is 16.1. The van der Waals surface area contributed by atoms with Gasteiger partial charge in [0.05, 0.1) is 0 Å². The quantitative estimate of drug-likeness (QED) is 0.572. The van der Waals surface area contributed by atoms with Crippen LogP contribution in [0.5, 0.6) is 11.5 Å². The zero-order chi connectivity index (χ0) is 20.6. The van der Waals surface area contributed by atoms with Crippen LogP contribution >= 0.6 is 0 Å². The van der Waals surface area contributed by atoms with Crippen LogP contribution in [-0.4, -0.2) is 36.4 Å². The van der Waals surface area contributed by atoms with Crippen molar-refractivity contribution < 1.29 is 13.9 Å². The Balaban J connectivity index is 1.79. The number of hydrogen-bond donors (Lipinski definition) is 1. The van der Waals surface area contributed by atoms with Crippen LogP contribution in [0.2, 0.25) is 0 Å². The second kappa shape index (κ2) is 9.64. The third kappa shape index (κ3) is 5.75. The summed E-state index contributed by atoms with van der Waals surface area (Å²) in [5.74, 6) is 1.54. The lowest BCUT2D eigenvalue weighted by molar-refractivity contribution is -0.117. The summed E-state index contributed by atoms with van der Waals surface area (Å²) in [7, 11) is 0. The molecule has 2 aromatic rings. The van der Waals surface area contributed by atoms with Crippen molar-refractivity contribution in [3.8, 4) is 11.5 Å². The van der Waals surface area contributed by atoms with E-state index in [2.05, 4.69) is 21.6 Å². The summed E-state index contributed by atoms with van der Waals surface area (Å²) in [6.45, 7) is 5.38. The second-order valence-corrected chi connectivity index (χ2v) is 6.60. The van der Waals surface area contributed by atoms with Crippen molar-refractivity contribution in [1.29, 1.82) is 0 Å². The maximum Gasteiger partial charge on any atom is 0.221 e. The Morgan fingerprint density at radius 2 is 1.69 bits per heavy atom. The molecule has 0 saturated carbocycles. The summed E-state index contributed by atoms with van der Waals surface area (Å²) < 4.78 is 18.7. The molecule has 1 heterocycles. The Hall–Kier alpha value is -3.48. The summed E-state index contributed by atoms with van der Waals surface area (Å²) in [6.07, 6.45) is 4.00. The van der Waals surface area contributed by atoms with Crippen molar-refractivity contribution in [2.24, 2.45) is 15.7 Å². The molecular formula is C22H23FN4O2. The lowest BCUT2D eigenvalue weighted by Gasteiger charge is -2.18. The smallest absolute Gasteiger partial charge is 0.221 e. The molecule has 150 valence electrons. The Morgan fingerprint density at radius 3 is 2.24 bits per heavy atom. The van der Waals surface area contributed by atoms with Crippen molar-refractivity contribution in [2.45, 2.75) is 19.3 Å². The van der Waals surface area contributed by atoms with Gasteiger partial charge in [-0.1, -0.05) is 0 Å². The van der Waals surface area contributed by atoms with E-state index in [1.807, 2.05) is 12.1 Å². The molecule has 2 N–H and O–H groups in total. The highest BCUT2D eigenvalue weighted by Crippen LogP contribution is 2.23. The Labute approximate surface area is 169 Å². The lowest BCUT2D eigenvalue weighted by Crippen LogP contribution is -2.19. The van der Waals surface area contributed by atoms with Gasteiger partial charge in [0, 0.05) is 25.1 Å². The van der Waals surface area contributed by atoms with Gasteiger partial charge in [-0.3, -0.25) is 4.79 Å². The third-order valence-electron chi connectivity index (χ3n) is 4.45.